The molecule has 0 saturated heterocycles. The third-order valence-electron chi connectivity index (χ3n) is 4.73. The van der Waals surface area contributed by atoms with Crippen molar-refractivity contribution < 1.29 is 15.0 Å². The Morgan fingerprint density at radius 1 is 1.21 bits per heavy atom. The van der Waals surface area contributed by atoms with Crippen LogP contribution in [0.5, 0.6) is 11.5 Å². The Bertz CT molecular complexity index is 911. The van der Waals surface area contributed by atoms with Crippen LogP contribution in [0.25, 0.3) is 0 Å². The second-order valence-corrected chi connectivity index (χ2v) is 7.53. The number of phenolic OH excluding ortho intramolecular Hbond substituents is 2. The Morgan fingerprint density at radius 3 is 2.62 bits per heavy atom. The minimum Gasteiger partial charge on any atom is -0.508 e. The zero-order valence-corrected chi connectivity index (χ0v) is 17.6. The molecular formula is C24H30N2O3. The monoisotopic (exact) mass is 394 g/mol. The van der Waals surface area contributed by atoms with Gasteiger partial charge in [0, 0.05) is 24.5 Å². The Labute approximate surface area is 172 Å². The van der Waals surface area contributed by atoms with Crippen molar-refractivity contribution in [1.82, 2.24) is 10.3 Å². The molecule has 3 N–H and O–H groups in total. The Morgan fingerprint density at radius 2 is 1.97 bits per heavy atom. The molecule has 0 radical (unpaired) electrons. The predicted molar refractivity (Wildman–Crippen MR) is 116 cm³/mol. The summed E-state index contributed by atoms with van der Waals surface area (Å²) >= 11 is 0. The average molecular weight is 395 g/mol. The van der Waals surface area contributed by atoms with E-state index in [-0.39, 0.29) is 23.0 Å². The van der Waals surface area contributed by atoms with Crippen LogP contribution in [0, 0.1) is 6.92 Å². The van der Waals surface area contributed by atoms with E-state index in [4.69, 9.17) is 0 Å². The minimum atomic E-state index is -0.380. The molecular weight excluding hydrogens is 364 g/mol. The molecule has 5 heteroatoms. The van der Waals surface area contributed by atoms with Crippen LogP contribution >= 0.6 is 0 Å². The number of aromatic hydroxyl groups is 2. The molecule has 1 aromatic heterocycles. The number of carbonyl (C=O) groups is 1. The Kier molecular flexibility index (Phi) is 8.01. The molecule has 0 bridgehead atoms. The number of hydrogen-bond acceptors (Lipinski definition) is 4. The molecule has 0 fully saturated rings. The van der Waals surface area contributed by atoms with Gasteiger partial charge in [-0.3, -0.25) is 9.78 Å². The van der Waals surface area contributed by atoms with E-state index in [1.165, 1.54) is 17.2 Å². The van der Waals surface area contributed by atoms with Crippen molar-refractivity contribution in [2.24, 2.45) is 0 Å². The van der Waals surface area contributed by atoms with Crippen LogP contribution in [0.4, 0.5) is 0 Å². The molecule has 2 aromatic rings. The fourth-order valence-corrected chi connectivity index (χ4v) is 3.05. The van der Waals surface area contributed by atoms with Crippen LogP contribution in [0.2, 0.25) is 0 Å². The fraction of sp³-hybridized carbons (Fsp3) is 0.333. The Hall–Kier alpha value is -3.08. The third-order valence-corrected chi connectivity index (χ3v) is 4.73. The van der Waals surface area contributed by atoms with Crippen LogP contribution in [0.3, 0.4) is 0 Å². The summed E-state index contributed by atoms with van der Waals surface area (Å²) in [6.07, 6.45) is 9.75. The normalized spacial score (nSPS) is 11.2. The Balaban J connectivity index is 2.16. The van der Waals surface area contributed by atoms with Gasteiger partial charge in [-0.2, -0.15) is 0 Å². The maximum atomic E-state index is 12.7. The molecule has 1 aromatic carbocycles. The van der Waals surface area contributed by atoms with Crippen molar-refractivity contribution in [2.45, 2.75) is 53.5 Å². The first-order valence-corrected chi connectivity index (χ1v) is 9.80. The fourth-order valence-electron chi connectivity index (χ4n) is 3.05. The highest BCUT2D eigenvalue weighted by molar-refractivity contribution is 5.99. The maximum Gasteiger partial charge on any atom is 0.255 e. The number of hydrogen-bond donors (Lipinski definition) is 3. The van der Waals surface area contributed by atoms with Crippen LogP contribution < -0.4 is 5.32 Å². The summed E-state index contributed by atoms with van der Waals surface area (Å²) < 4.78 is 0. The molecule has 0 saturated carbocycles. The number of nitrogens with one attached hydrogen (secondary N) is 1. The third kappa shape index (κ3) is 6.49. The van der Waals surface area contributed by atoms with Gasteiger partial charge >= 0.3 is 0 Å². The topological polar surface area (TPSA) is 82.5 Å². The summed E-state index contributed by atoms with van der Waals surface area (Å²) in [4.78, 5) is 16.7. The quantitative estimate of drug-likeness (QED) is 0.552. The molecule has 0 unspecified atom stereocenters. The number of aromatic nitrogens is 1. The molecule has 0 aliphatic carbocycles. The number of amides is 1. The van der Waals surface area contributed by atoms with E-state index in [0.717, 1.165) is 18.4 Å². The lowest BCUT2D eigenvalue weighted by molar-refractivity contribution is 0.0947. The lowest BCUT2D eigenvalue weighted by Gasteiger charge is -2.14. The van der Waals surface area contributed by atoms with Crippen molar-refractivity contribution in [3.8, 4) is 11.5 Å². The second kappa shape index (κ2) is 10.5. The van der Waals surface area contributed by atoms with E-state index < -0.39 is 0 Å². The number of rotatable bonds is 8. The zero-order chi connectivity index (χ0) is 21.4. The zero-order valence-electron chi connectivity index (χ0n) is 17.6. The maximum absolute atomic E-state index is 12.7. The minimum absolute atomic E-state index is 0.00263. The first-order chi connectivity index (χ1) is 13.8. The van der Waals surface area contributed by atoms with Crippen molar-refractivity contribution in [3.05, 3.63) is 76.1 Å². The van der Waals surface area contributed by atoms with Crippen LogP contribution in [0.1, 0.15) is 60.7 Å². The van der Waals surface area contributed by atoms with Gasteiger partial charge in [0.15, 0.2) is 0 Å². The number of allylic oxidation sites excluding steroid dienone is 4. The van der Waals surface area contributed by atoms with Gasteiger partial charge in [0.1, 0.15) is 11.5 Å². The first-order valence-electron chi connectivity index (χ1n) is 9.80. The number of pyridine rings is 1. The summed E-state index contributed by atoms with van der Waals surface area (Å²) in [6, 6.07) is 5.20. The van der Waals surface area contributed by atoms with Gasteiger partial charge in [-0.1, -0.05) is 29.4 Å². The first kappa shape index (κ1) is 22.2. The summed E-state index contributed by atoms with van der Waals surface area (Å²) in [5.74, 6) is -0.550. The van der Waals surface area contributed by atoms with E-state index in [1.807, 2.05) is 19.1 Å². The van der Waals surface area contributed by atoms with Crippen LogP contribution in [-0.2, 0) is 13.0 Å². The molecule has 29 heavy (non-hydrogen) atoms. The summed E-state index contributed by atoms with van der Waals surface area (Å²) in [6.45, 7) is 8.18. The lowest BCUT2D eigenvalue weighted by Crippen LogP contribution is -2.24. The van der Waals surface area contributed by atoms with Crippen molar-refractivity contribution in [1.29, 1.82) is 0 Å². The van der Waals surface area contributed by atoms with Gasteiger partial charge in [-0.25, -0.2) is 0 Å². The molecule has 5 nitrogen and oxygen atoms in total. The molecule has 2 rings (SSSR count). The van der Waals surface area contributed by atoms with Gasteiger partial charge in [-0.15, -0.1) is 0 Å². The van der Waals surface area contributed by atoms with Gasteiger partial charge in [0.25, 0.3) is 5.91 Å². The van der Waals surface area contributed by atoms with Crippen molar-refractivity contribution in [3.63, 3.8) is 0 Å². The molecule has 154 valence electrons. The van der Waals surface area contributed by atoms with Gasteiger partial charge in [0.2, 0.25) is 0 Å². The van der Waals surface area contributed by atoms with Crippen LogP contribution in [0.15, 0.2) is 53.9 Å². The largest absolute Gasteiger partial charge is 0.508 e. The highest BCUT2D eigenvalue weighted by atomic mass is 16.3. The SMILES string of the molecule is CC(C)=CCC/C(C)=C/Cc1c(O)cc(C)c(C(=O)NCc2cccnc2)c1O. The molecule has 0 spiro atoms. The second-order valence-electron chi connectivity index (χ2n) is 7.53. The van der Waals surface area contributed by atoms with Crippen LogP contribution in [-0.4, -0.2) is 21.1 Å². The predicted octanol–water partition coefficient (Wildman–Crippen LogP) is 4.97. The number of carbonyl (C=O) groups excluding carboxylic acids is 1. The molecule has 1 heterocycles. The molecule has 0 aliphatic heterocycles. The molecule has 0 atom stereocenters. The highest BCUT2D eigenvalue weighted by Gasteiger charge is 2.20. The highest BCUT2D eigenvalue weighted by Crippen LogP contribution is 2.34. The average Bonchev–Trinajstić information content (AvgIpc) is 2.66. The summed E-state index contributed by atoms with van der Waals surface area (Å²) in [5.41, 5.74) is 4.41. The lowest BCUT2D eigenvalue weighted by atomic mass is 9.98. The number of nitrogens with zero attached hydrogens (tertiary/aromatic N) is 1. The molecule has 0 aliphatic rings. The van der Waals surface area contributed by atoms with Gasteiger partial charge in [0.05, 0.1) is 5.56 Å². The van der Waals surface area contributed by atoms with Gasteiger partial charge < -0.3 is 15.5 Å². The smallest absolute Gasteiger partial charge is 0.255 e. The van der Waals surface area contributed by atoms with E-state index >= 15 is 0 Å². The standard InChI is InChI=1S/C24H30N2O3/c1-16(2)7-5-8-17(3)10-11-20-21(27)13-18(4)22(23(20)28)24(29)26-15-19-9-6-12-25-14-19/h6-7,9-10,12-14,27-28H,5,8,11,15H2,1-4H3,(H,26,29)/b17-10+. The van der Waals surface area contributed by atoms with Crippen molar-refractivity contribution >= 4 is 5.91 Å². The number of aryl methyl sites for hydroxylation is 1. The van der Waals surface area contributed by atoms with Gasteiger partial charge in [-0.05, 0) is 70.2 Å². The van der Waals surface area contributed by atoms with E-state index in [2.05, 4.69) is 30.2 Å². The summed E-state index contributed by atoms with van der Waals surface area (Å²) in [5, 5.41) is 23.8. The number of benzene rings is 1. The number of phenols is 2. The molecule has 1 amide bonds. The summed E-state index contributed by atoms with van der Waals surface area (Å²) in [7, 11) is 0. The van der Waals surface area contributed by atoms with E-state index in [1.54, 1.807) is 25.4 Å². The van der Waals surface area contributed by atoms with Crippen molar-refractivity contribution in [2.75, 3.05) is 0 Å². The van der Waals surface area contributed by atoms with E-state index in [9.17, 15) is 15.0 Å². The van der Waals surface area contributed by atoms with E-state index in [0.29, 0.717) is 24.1 Å².